The number of carbonyl (C=O) groups excluding carboxylic acids is 1. The van der Waals surface area contributed by atoms with Gasteiger partial charge in [0.25, 0.3) is 0 Å². The van der Waals surface area contributed by atoms with E-state index in [-0.39, 0.29) is 11.8 Å². The number of hydrogen-bond acceptors (Lipinski definition) is 1. The van der Waals surface area contributed by atoms with Crippen LogP contribution >= 0.6 is 0 Å². The quantitative estimate of drug-likeness (QED) is 0.744. The van der Waals surface area contributed by atoms with Gasteiger partial charge in [0.15, 0.2) is 0 Å². The number of nitrogens with one attached hydrogen (secondary N) is 1. The molecule has 1 amide bonds. The van der Waals surface area contributed by atoms with Gasteiger partial charge in [-0.2, -0.15) is 0 Å². The van der Waals surface area contributed by atoms with Crippen molar-refractivity contribution in [2.75, 3.05) is 0 Å². The van der Waals surface area contributed by atoms with Crippen LogP contribution < -0.4 is 5.32 Å². The number of carbonyl (C=O) groups is 1. The molecule has 2 heteroatoms. The molecule has 1 aromatic rings. The molecule has 0 fully saturated rings. The number of amides is 1. The van der Waals surface area contributed by atoms with Crippen molar-refractivity contribution < 1.29 is 4.79 Å². The summed E-state index contributed by atoms with van der Waals surface area (Å²) in [6, 6.07) is 10.2. The minimum absolute atomic E-state index is 0.164. The highest BCUT2D eigenvalue weighted by molar-refractivity contribution is 5.79. The van der Waals surface area contributed by atoms with Gasteiger partial charge >= 0.3 is 0 Å². The normalized spacial score (nSPS) is 12.1. The van der Waals surface area contributed by atoms with Crippen molar-refractivity contribution in [3.63, 3.8) is 0 Å². The molecule has 1 radical (unpaired) electrons. The van der Waals surface area contributed by atoms with Gasteiger partial charge in [0.05, 0.1) is 6.54 Å². The Labute approximate surface area is 111 Å². The first kappa shape index (κ1) is 14.7. The van der Waals surface area contributed by atoms with Gasteiger partial charge in [-0.25, -0.2) is 0 Å². The van der Waals surface area contributed by atoms with E-state index >= 15 is 0 Å². The lowest BCUT2D eigenvalue weighted by atomic mass is 9.98. The molecule has 0 aliphatic carbocycles. The second kappa shape index (κ2) is 8.73. The Balaban J connectivity index is 2.27. The number of rotatable bonds is 8. The predicted octanol–water partition coefficient (Wildman–Crippen LogP) is 3.72. The van der Waals surface area contributed by atoms with Crippen LogP contribution in [0.5, 0.6) is 0 Å². The van der Waals surface area contributed by atoms with Gasteiger partial charge in [-0.3, -0.25) is 4.79 Å². The average Bonchev–Trinajstić information content (AvgIpc) is 2.41. The highest BCUT2D eigenvalue weighted by atomic mass is 16.1. The van der Waals surface area contributed by atoms with Crippen molar-refractivity contribution >= 4 is 5.91 Å². The van der Waals surface area contributed by atoms with Gasteiger partial charge in [-0.05, 0) is 24.8 Å². The van der Waals surface area contributed by atoms with Crippen LogP contribution in [0.25, 0.3) is 0 Å². The Bertz CT molecular complexity index is 334. The van der Waals surface area contributed by atoms with Crippen molar-refractivity contribution in [2.24, 2.45) is 5.92 Å². The van der Waals surface area contributed by atoms with E-state index in [2.05, 4.69) is 31.3 Å². The minimum Gasteiger partial charge on any atom is -0.351 e. The van der Waals surface area contributed by atoms with Crippen LogP contribution in [-0.4, -0.2) is 5.91 Å². The van der Waals surface area contributed by atoms with Crippen LogP contribution in [-0.2, 0) is 11.2 Å². The van der Waals surface area contributed by atoms with E-state index in [9.17, 15) is 4.79 Å². The van der Waals surface area contributed by atoms with Crippen LogP contribution in [0.2, 0.25) is 0 Å². The molecule has 1 rings (SSSR count). The zero-order chi connectivity index (χ0) is 13.2. The van der Waals surface area contributed by atoms with Crippen molar-refractivity contribution in [3.05, 3.63) is 42.4 Å². The fourth-order valence-electron chi connectivity index (χ4n) is 1.97. The number of unbranched alkanes of at least 4 members (excludes halogenated alkanes) is 1. The second-order valence-electron chi connectivity index (χ2n) is 4.65. The Hall–Kier alpha value is -1.31. The largest absolute Gasteiger partial charge is 0.351 e. The molecule has 2 nitrogen and oxygen atoms in total. The monoisotopic (exact) mass is 246 g/mol. The summed E-state index contributed by atoms with van der Waals surface area (Å²) < 4.78 is 0. The van der Waals surface area contributed by atoms with Gasteiger partial charge in [0, 0.05) is 5.92 Å². The van der Waals surface area contributed by atoms with E-state index in [0.717, 1.165) is 32.1 Å². The summed E-state index contributed by atoms with van der Waals surface area (Å²) in [6.07, 6.45) is 4.99. The maximum atomic E-state index is 11.9. The Morgan fingerprint density at radius 1 is 1.28 bits per heavy atom. The molecule has 1 unspecified atom stereocenters. The fraction of sp³-hybridized carbons (Fsp3) is 0.500. The molecule has 18 heavy (non-hydrogen) atoms. The van der Waals surface area contributed by atoms with E-state index in [4.69, 9.17) is 0 Å². The average molecular weight is 246 g/mol. The lowest BCUT2D eigenvalue weighted by Gasteiger charge is -2.14. The summed E-state index contributed by atoms with van der Waals surface area (Å²) in [4.78, 5) is 11.9. The summed E-state index contributed by atoms with van der Waals surface area (Å²) in [5.41, 5.74) is 1.22. The first-order valence-electron chi connectivity index (χ1n) is 6.93. The molecule has 0 aromatic heterocycles. The lowest BCUT2D eigenvalue weighted by Crippen LogP contribution is -2.29. The van der Waals surface area contributed by atoms with E-state index in [1.165, 1.54) is 5.56 Å². The number of benzene rings is 1. The zero-order valence-electron chi connectivity index (χ0n) is 11.5. The van der Waals surface area contributed by atoms with Crippen LogP contribution in [0.4, 0.5) is 0 Å². The maximum absolute atomic E-state index is 11.9. The summed E-state index contributed by atoms with van der Waals surface area (Å²) in [5, 5.41) is 2.93. The third-order valence-corrected chi connectivity index (χ3v) is 3.19. The first-order chi connectivity index (χ1) is 8.77. The Morgan fingerprint density at radius 3 is 2.61 bits per heavy atom. The van der Waals surface area contributed by atoms with Crippen LogP contribution in [0, 0.1) is 12.5 Å². The summed E-state index contributed by atoms with van der Waals surface area (Å²) in [7, 11) is 0. The van der Waals surface area contributed by atoms with Crippen molar-refractivity contribution in [1.29, 1.82) is 0 Å². The zero-order valence-corrected chi connectivity index (χ0v) is 11.5. The van der Waals surface area contributed by atoms with Crippen molar-refractivity contribution in [2.45, 2.75) is 46.0 Å². The van der Waals surface area contributed by atoms with Crippen molar-refractivity contribution in [3.8, 4) is 0 Å². The molecule has 0 saturated carbocycles. The summed E-state index contributed by atoms with van der Waals surface area (Å²) >= 11 is 0. The van der Waals surface area contributed by atoms with Gasteiger partial charge in [-0.1, -0.05) is 57.0 Å². The Kier molecular flexibility index (Phi) is 7.16. The maximum Gasteiger partial charge on any atom is 0.223 e. The third kappa shape index (κ3) is 5.35. The molecule has 99 valence electrons. The number of hydrogen-bond donors (Lipinski definition) is 1. The molecule has 0 heterocycles. The molecular formula is C16H24NO. The molecule has 1 N–H and O–H groups in total. The SMILES string of the molecule is CCCCC(CC)C(=O)N[CH]Cc1ccccc1. The fourth-order valence-corrected chi connectivity index (χ4v) is 1.97. The van der Waals surface area contributed by atoms with Gasteiger partial charge in [-0.15, -0.1) is 0 Å². The van der Waals surface area contributed by atoms with E-state index in [1.54, 1.807) is 0 Å². The molecule has 1 aromatic carbocycles. The predicted molar refractivity (Wildman–Crippen MR) is 75.9 cm³/mol. The molecule has 0 saturated heterocycles. The first-order valence-corrected chi connectivity index (χ1v) is 6.93. The molecule has 1 atom stereocenters. The van der Waals surface area contributed by atoms with E-state index in [0.29, 0.717) is 0 Å². The standard InChI is InChI=1S/C16H24NO/c1-3-5-11-15(4-2)16(18)17-13-12-14-9-7-6-8-10-14/h6-10,13,15H,3-5,11-12H2,1-2H3,(H,17,18). The van der Waals surface area contributed by atoms with E-state index in [1.807, 2.05) is 24.7 Å². The highest BCUT2D eigenvalue weighted by Gasteiger charge is 2.14. The topological polar surface area (TPSA) is 29.1 Å². The summed E-state index contributed by atoms with van der Waals surface area (Å²) in [6.45, 7) is 6.11. The summed E-state index contributed by atoms with van der Waals surface area (Å²) in [5.74, 6) is 0.332. The molecular weight excluding hydrogens is 222 g/mol. The van der Waals surface area contributed by atoms with Gasteiger partial charge in [0.2, 0.25) is 5.91 Å². The van der Waals surface area contributed by atoms with Crippen molar-refractivity contribution in [1.82, 2.24) is 5.32 Å². The highest BCUT2D eigenvalue weighted by Crippen LogP contribution is 2.12. The van der Waals surface area contributed by atoms with Crippen LogP contribution in [0.3, 0.4) is 0 Å². The molecule has 0 aliphatic heterocycles. The van der Waals surface area contributed by atoms with Gasteiger partial charge in [0.1, 0.15) is 0 Å². The van der Waals surface area contributed by atoms with E-state index < -0.39 is 0 Å². The smallest absolute Gasteiger partial charge is 0.223 e. The van der Waals surface area contributed by atoms with Crippen LogP contribution in [0.1, 0.15) is 45.1 Å². The molecule has 0 bridgehead atoms. The molecule has 0 spiro atoms. The van der Waals surface area contributed by atoms with Crippen LogP contribution in [0.15, 0.2) is 30.3 Å². The minimum atomic E-state index is 0.164. The Morgan fingerprint density at radius 2 is 2.00 bits per heavy atom. The van der Waals surface area contributed by atoms with Gasteiger partial charge < -0.3 is 5.32 Å². The second-order valence-corrected chi connectivity index (χ2v) is 4.65. The lowest BCUT2D eigenvalue weighted by molar-refractivity contribution is -0.124. The third-order valence-electron chi connectivity index (χ3n) is 3.19. The molecule has 0 aliphatic rings.